The highest BCUT2D eigenvalue weighted by molar-refractivity contribution is 5.84. The lowest BCUT2D eigenvalue weighted by Crippen LogP contribution is -2.29. The molecule has 17 heavy (non-hydrogen) atoms. The fourth-order valence-corrected chi connectivity index (χ4v) is 1.61. The van der Waals surface area contributed by atoms with Crippen LogP contribution in [0.1, 0.15) is 23.8 Å². The number of nitrogens with zero attached hydrogens (tertiary/aromatic N) is 3. The fraction of sp³-hybridized carbons (Fsp3) is 0.600. The first-order valence-electron chi connectivity index (χ1n) is 5.46. The van der Waals surface area contributed by atoms with E-state index >= 15 is 0 Å². The zero-order valence-corrected chi connectivity index (χ0v) is 9.46. The molecule has 2 atom stereocenters. The van der Waals surface area contributed by atoms with E-state index in [1.54, 1.807) is 0 Å². The molecule has 7 nitrogen and oxygen atoms in total. The van der Waals surface area contributed by atoms with Gasteiger partial charge in [-0.3, -0.25) is 4.79 Å². The highest BCUT2D eigenvalue weighted by Crippen LogP contribution is 2.36. The van der Waals surface area contributed by atoms with Gasteiger partial charge < -0.3 is 10.4 Å². The Kier molecular flexibility index (Phi) is 3.08. The van der Waals surface area contributed by atoms with Crippen LogP contribution in [0.3, 0.4) is 0 Å². The Bertz CT molecular complexity index is 443. The zero-order valence-electron chi connectivity index (χ0n) is 9.46. The molecule has 0 saturated heterocycles. The molecule has 0 spiro atoms. The number of rotatable bonds is 5. The number of amides is 1. The summed E-state index contributed by atoms with van der Waals surface area (Å²) < 4.78 is 1.22. The van der Waals surface area contributed by atoms with Crippen molar-refractivity contribution in [2.45, 2.75) is 19.9 Å². The largest absolute Gasteiger partial charge is 0.476 e. The molecule has 2 unspecified atom stereocenters. The number of carboxylic acid groups (broad SMARTS) is 1. The molecule has 0 aromatic carbocycles. The smallest absolute Gasteiger partial charge is 0.358 e. The van der Waals surface area contributed by atoms with Gasteiger partial charge in [-0.2, -0.15) is 0 Å². The molecule has 0 bridgehead atoms. The van der Waals surface area contributed by atoms with Crippen LogP contribution in [-0.2, 0) is 11.3 Å². The Balaban J connectivity index is 1.78. The van der Waals surface area contributed by atoms with E-state index in [0.717, 1.165) is 6.42 Å². The summed E-state index contributed by atoms with van der Waals surface area (Å²) in [6.07, 6.45) is 2.40. The van der Waals surface area contributed by atoms with Crippen LogP contribution in [0.4, 0.5) is 0 Å². The molecule has 1 saturated carbocycles. The van der Waals surface area contributed by atoms with Gasteiger partial charge in [-0.1, -0.05) is 12.1 Å². The maximum atomic E-state index is 11.5. The van der Waals surface area contributed by atoms with Gasteiger partial charge in [0, 0.05) is 6.54 Å². The van der Waals surface area contributed by atoms with Gasteiger partial charge >= 0.3 is 5.97 Å². The number of carbonyl (C=O) groups excluding carboxylic acids is 1. The minimum atomic E-state index is -1.15. The lowest BCUT2D eigenvalue weighted by atomic mass is 10.3. The minimum absolute atomic E-state index is 0.00137. The van der Waals surface area contributed by atoms with E-state index in [1.165, 1.54) is 10.9 Å². The lowest BCUT2D eigenvalue weighted by molar-refractivity contribution is -0.121. The van der Waals surface area contributed by atoms with Gasteiger partial charge in [0.15, 0.2) is 5.69 Å². The molecule has 2 N–H and O–H groups in total. The second kappa shape index (κ2) is 4.52. The summed E-state index contributed by atoms with van der Waals surface area (Å²) in [4.78, 5) is 22.0. The molecular weight excluding hydrogens is 224 g/mol. The number of aromatic nitrogens is 3. The highest BCUT2D eigenvalue weighted by Gasteiger charge is 2.32. The van der Waals surface area contributed by atoms with Crippen molar-refractivity contribution in [2.24, 2.45) is 11.8 Å². The van der Waals surface area contributed by atoms with Crippen molar-refractivity contribution in [1.29, 1.82) is 0 Å². The Morgan fingerprint density at radius 1 is 1.65 bits per heavy atom. The summed E-state index contributed by atoms with van der Waals surface area (Å²) in [6.45, 7) is 2.83. The second-order valence-corrected chi connectivity index (χ2v) is 4.38. The topological polar surface area (TPSA) is 97.1 Å². The van der Waals surface area contributed by atoms with Gasteiger partial charge in [0.05, 0.1) is 6.20 Å². The van der Waals surface area contributed by atoms with Gasteiger partial charge in [0.25, 0.3) is 0 Å². The van der Waals surface area contributed by atoms with Gasteiger partial charge in [0.2, 0.25) is 5.91 Å². The number of hydrogen-bond donors (Lipinski definition) is 2. The van der Waals surface area contributed by atoms with E-state index in [-0.39, 0.29) is 18.1 Å². The molecule has 1 aromatic rings. The van der Waals surface area contributed by atoms with Crippen LogP contribution in [0.15, 0.2) is 6.20 Å². The van der Waals surface area contributed by atoms with Crippen molar-refractivity contribution in [3.63, 3.8) is 0 Å². The third kappa shape index (κ3) is 3.02. The summed E-state index contributed by atoms with van der Waals surface area (Å²) in [5.41, 5.74) is -0.159. The first kappa shape index (κ1) is 11.6. The molecule has 1 fully saturated rings. The predicted octanol–water partition coefficient (Wildman–Crippen LogP) is -0.252. The number of nitrogens with one attached hydrogen (secondary N) is 1. The van der Waals surface area contributed by atoms with Crippen molar-refractivity contribution >= 4 is 11.9 Å². The Hall–Kier alpha value is -1.92. The first-order chi connectivity index (χ1) is 8.06. The maximum Gasteiger partial charge on any atom is 0.358 e. The molecule has 1 aromatic heterocycles. The highest BCUT2D eigenvalue weighted by atomic mass is 16.4. The first-order valence-corrected chi connectivity index (χ1v) is 5.46. The van der Waals surface area contributed by atoms with Crippen LogP contribution in [-0.4, -0.2) is 38.5 Å². The number of hydrogen-bond acceptors (Lipinski definition) is 4. The van der Waals surface area contributed by atoms with Crippen molar-refractivity contribution in [3.8, 4) is 0 Å². The van der Waals surface area contributed by atoms with Crippen LogP contribution in [0.25, 0.3) is 0 Å². The van der Waals surface area contributed by atoms with E-state index in [9.17, 15) is 9.59 Å². The number of carboxylic acids is 1. The molecule has 0 radical (unpaired) electrons. The summed E-state index contributed by atoms with van der Waals surface area (Å²) in [5, 5.41) is 18.4. The Labute approximate surface area is 97.8 Å². The molecule has 1 heterocycles. The summed E-state index contributed by atoms with van der Waals surface area (Å²) in [7, 11) is 0. The van der Waals surface area contributed by atoms with Gasteiger partial charge in [-0.25, -0.2) is 9.48 Å². The fourth-order valence-electron chi connectivity index (χ4n) is 1.61. The summed E-state index contributed by atoms with van der Waals surface area (Å²) in [5.74, 6) is -0.0426. The zero-order chi connectivity index (χ0) is 12.4. The lowest BCUT2D eigenvalue weighted by Gasteiger charge is -2.03. The molecule has 92 valence electrons. The van der Waals surface area contributed by atoms with Crippen LogP contribution in [0.2, 0.25) is 0 Å². The molecule has 1 amide bonds. The van der Waals surface area contributed by atoms with Gasteiger partial charge in [0.1, 0.15) is 6.54 Å². The van der Waals surface area contributed by atoms with Gasteiger partial charge in [-0.05, 0) is 18.3 Å². The number of aromatic carboxylic acids is 1. The van der Waals surface area contributed by atoms with E-state index in [4.69, 9.17) is 5.11 Å². The van der Waals surface area contributed by atoms with E-state index in [2.05, 4.69) is 22.6 Å². The quantitative estimate of drug-likeness (QED) is 0.737. The maximum absolute atomic E-state index is 11.5. The van der Waals surface area contributed by atoms with Crippen LogP contribution in [0.5, 0.6) is 0 Å². The Morgan fingerprint density at radius 3 is 2.88 bits per heavy atom. The SMILES string of the molecule is CC1CC1CNC(=O)Cn1cc(C(=O)O)nn1. The third-order valence-corrected chi connectivity index (χ3v) is 2.90. The number of carbonyl (C=O) groups is 2. The van der Waals surface area contributed by atoms with Crippen molar-refractivity contribution in [3.05, 3.63) is 11.9 Å². The third-order valence-electron chi connectivity index (χ3n) is 2.90. The van der Waals surface area contributed by atoms with E-state index in [1.807, 2.05) is 0 Å². The second-order valence-electron chi connectivity index (χ2n) is 4.38. The Morgan fingerprint density at radius 2 is 2.35 bits per heavy atom. The molecule has 7 heteroatoms. The molecule has 1 aliphatic rings. The molecule has 1 aliphatic carbocycles. The standard InChI is InChI=1S/C10H14N4O3/c1-6-2-7(6)3-11-9(15)5-14-4-8(10(16)17)12-13-14/h4,6-7H,2-3,5H2,1H3,(H,11,15)(H,16,17). The monoisotopic (exact) mass is 238 g/mol. The van der Waals surface area contributed by atoms with Crippen molar-refractivity contribution in [2.75, 3.05) is 6.54 Å². The van der Waals surface area contributed by atoms with Gasteiger partial charge in [-0.15, -0.1) is 5.10 Å². The van der Waals surface area contributed by atoms with E-state index in [0.29, 0.717) is 18.4 Å². The average molecular weight is 238 g/mol. The molecule has 2 rings (SSSR count). The van der Waals surface area contributed by atoms with Crippen LogP contribution >= 0.6 is 0 Å². The van der Waals surface area contributed by atoms with E-state index < -0.39 is 5.97 Å². The summed E-state index contributed by atoms with van der Waals surface area (Å²) in [6, 6.07) is 0. The van der Waals surface area contributed by atoms with Crippen LogP contribution in [0, 0.1) is 11.8 Å². The minimum Gasteiger partial charge on any atom is -0.476 e. The van der Waals surface area contributed by atoms with Crippen LogP contribution < -0.4 is 5.32 Å². The normalized spacial score (nSPS) is 22.2. The molecular formula is C10H14N4O3. The van der Waals surface area contributed by atoms with Crippen molar-refractivity contribution < 1.29 is 14.7 Å². The predicted molar refractivity (Wildman–Crippen MR) is 57.3 cm³/mol. The van der Waals surface area contributed by atoms with Crippen molar-refractivity contribution in [1.82, 2.24) is 20.3 Å². The summed E-state index contributed by atoms with van der Waals surface area (Å²) >= 11 is 0. The molecule has 0 aliphatic heterocycles. The average Bonchev–Trinajstić information content (AvgIpc) is 2.77.